The molecule has 2 amide bonds. The van der Waals surface area contributed by atoms with E-state index < -0.39 is 0 Å². The molecule has 328 valence electrons. The lowest BCUT2D eigenvalue weighted by molar-refractivity contribution is -0.150. The largest absolute Gasteiger partial charge is 0.462 e. The topological polar surface area (TPSA) is 71.1 Å². The average molecular weight is 780 g/mol. The first-order valence-corrected chi connectivity index (χ1v) is 24.3. The zero-order valence-electron chi connectivity index (χ0n) is 38.1. The van der Waals surface area contributed by atoms with Gasteiger partial charge in [-0.05, 0) is 90.8 Å². The van der Waals surface area contributed by atoms with E-state index in [1.165, 1.54) is 173 Å². The first-order valence-electron chi connectivity index (χ1n) is 24.3. The molecule has 0 rings (SSSR count). The molecule has 0 aliphatic heterocycles. The molecular weight excluding hydrogens is 683 g/mol. The van der Waals surface area contributed by atoms with Gasteiger partial charge in [-0.15, -0.1) is 0 Å². The van der Waals surface area contributed by atoms with Crippen LogP contribution in [0.4, 0.5) is 4.79 Å². The third-order valence-electron chi connectivity index (χ3n) is 11.2. The highest BCUT2D eigenvalue weighted by Crippen LogP contribution is 2.19. The van der Waals surface area contributed by atoms with Crippen molar-refractivity contribution < 1.29 is 19.1 Å². The van der Waals surface area contributed by atoms with E-state index in [2.05, 4.69) is 37.9 Å². The van der Waals surface area contributed by atoms with E-state index in [-0.39, 0.29) is 18.1 Å². The Bertz CT molecular complexity index is 794. The van der Waals surface area contributed by atoms with Crippen LogP contribution >= 0.6 is 0 Å². The lowest BCUT2D eigenvalue weighted by atomic mass is 10.0. The second-order valence-corrected chi connectivity index (χ2v) is 17.1. The number of hydrogen-bond donors (Lipinski definition) is 1. The summed E-state index contributed by atoms with van der Waals surface area (Å²) in [5.74, 6) is 0.0286. The summed E-state index contributed by atoms with van der Waals surface area (Å²) in [4.78, 5) is 29.0. The van der Waals surface area contributed by atoms with Gasteiger partial charge in [0.25, 0.3) is 0 Å². The van der Waals surface area contributed by atoms with E-state index in [1.54, 1.807) is 19.0 Å². The molecule has 0 heterocycles. The Hall–Kier alpha value is -1.34. The van der Waals surface area contributed by atoms with Gasteiger partial charge in [-0.1, -0.05) is 162 Å². The minimum atomic E-state index is -0.0105. The first-order chi connectivity index (χ1) is 26.8. The molecule has 1 N–H and O–H groups in total. The first kappa shape index (κ1) is 53.7. The molecular formula is C48H97N3O4. The normalized spacial score (nSPS) is 12.1. The van der Waals surface area contributed by atoms with Gasteiger partial charge >= 0.3 is 12.0 Å². The van der Waals surface area contributed by atoms with E-state index in [4.69, 9.17) is 9.47 Å². The Labute approximate surface area is 344 Å². The molecule has 0 aromatic heterocycles. The summed E-state index contributed by atoms with van der Waals surface area (Å²) < 4.78 is 12.1. The number of amides is 2. The van der Waals surface area contributed by atoms with Gasteiger partial charge in [-0.25, -0.2) is 4.79 Å². The van der Waals surface area contributed by atoms with Gasteiger partial charge in [-0.3, -0.25) is 4.79 Å². The van der Waals surface area contributed by atoms with Crippen LogP contribution in [0.3, 0.4) is 0 Å². The molecule has 0 bridgehead atoms. The van der Waals surface area contributed by atoms with E-state index >= 15 is 0 Å². The van der Waals surface area contributed by atoms with Crippen LogP contribution in [0.1, 0.15) is 240 Å². The van der Waals surface area contributed by atoms with Crippen LogP contribution in [-0.2, 0) is 14.3 Å². The molecule has 0 aliphatic rings. The van der Waals surface area contributed by atoms with Gasteiger partial charge in [-0.2, -0.15) is 0 Å². The number of rotatable bonds is 43. The third kappa shape index (κ3) is 39.3. The minimum Gasteiger partial charge on any atom is -0.462 e. The third-order valence-corrected chi connectivity index (χ3v) is 11.2. The lowest BCUT2D eigenvalue weighted by Crippen LogP contribution is -2.36. The van der Waals surface area contributed by atoms with Crippen molar-refractivity contribution in [3.8, 4) is 0 Å². The van der Waals surface area contributed by atoms with Crippen LogP contribution < -0.4 is 5.32 Å². The van der Waals surface area contributed by atoms with E-state index in [0.717, 1.165) is 64.9 Å². The Morgan fingerprint density at radius 2 is 0.927 bits per heavy atom. The fourth-order valence-electron chi connectivity index (χ4n) is 7.49. The number of nitrogens with zero attached hydrogens (tertiary/aromatic N) is 2. The predicted molar refractivity (Wildman–Crippen MR) is 238 cm³/mol. The summed E-state index contributed by atoms with van der Waals surface area (Å²) in [5.41, 5.74) is 0. The number of ether oxygens (including phenoxy) is 2. The molecule has 0 saturated heterocycles. The van der Waals surface area contributed by atoms with Crippen molar-refractivity contribution in [2.75, 3.05) is 46.9 Å². The monoisotopic (exact) mass is 780 g/mol. The smallest absolute Gasteiger partial charge is 0.316 e. The summed E-state index contributed by atoms with van der Waals surface area (Å²) in [6.07, 6.45) is 40.7. The molecule has 0 saturated carbocycles. The van der Waals surface area contributed by atoms with E-state index in [1.807, 2.05) is 0 Å². The number of esters is 1. The highest BCUT2D eigenvalue weighted by Gasteiger charge is 2.14. The highest BCUT2D eigenvalue weighted by atomic mass is 16.5. The SMILES string of the molecule is CCCCCCCCOC(C)CCCCCCCN(CCCCCCCC(=O)OC(CCCCCCCC)CCCCCCCC)CCCNC(=O)N(C)C. The van der Waals surface area contributed by atoms with Crippen molar-refractivity contribution >= 4 is 12.0 Å². The number of nitrogens with one attached hydrogen (secondary N) is 1. The molecule has 7 heteroatoms. The summed E-state index contributed by atoms with van der Waals surface area (Å²) in [7, 11) is 3.58. The Kier molecular flexibility index (Phi) is 41.2. The second-order valence-electron chi connectivity index (χ2n) is 17.1. The van der Waals surface area contributed by atoms with E-state index in [0.29, 0.717) is 12.5 Å². The van der Waals surface area contributed by atoms with Crippen LogP contribution in [0, 0.1) is 0 Å². The summed E-state index contributed by atoms with van der Waals surface area (Å²) in [5, 5.41) is 3.02. The Balaban J connectivity index is 4.36. The molecule has 7 nitrogen and oxygen atoms in total. The molecule has 0 fully saturated rings. The van der Waals surface area contributed by atoms with Crippen molar-refractivity contribution in [3.63, 3.8) is 0 Å². The van der Waals surface area contributed by atoms with Crippen LogP contribution in [-0.4, -0.2) is 80.9 Å². The van der Waals surface area contributed by atoms with Crippen molar-refractivity contribution in [2.45, 2.75) is 252 Å². The second kappa shape index (κ2) is 42.3. The maximum Gasteiger partial charge on any atom is 0.316 e. The van der Waals surface area contributed by atoms with E-state index in [9.17, 15) is 9.59 Å². The number of unbranched alkanes of at least 4 members (excludes halogenated alkanes) is 23. The maximum absolute atomic E-state index is 12.8. The van der Waals surface area contributed by atoms with Gasteiger partial charge in [0, 0.05) is 33.7 Å². The molecule has 0 aromatic carbocycles. The number of carbonyl (C=O) groups is 2. The molecule has 1 atom stereocenters. The van der Waals surface area contributed by atoms with Gasteiger partial charge in [0.05, 0.1) is 6.10 Å². The Morgan fingerprint density at radius 3 is 1.44 bits per heavy atom. The summed E-state index contributed by atoms with van der Waals surface area (Å²) in [6.45, 7) is 14.0. The quantitative estimate of drug-likeness (QED) is 0.0493. The van der Waals surface area contributed by atoms with Crippen LogP contribution in [0.5, 0.6) is 0 Å². The average Bonchev–Trinajstić information content (AvgIpc) is 3.17. The summed E-state index contributed by atoms with van der Waals surface area (Å²) >= 11 is 0. The number of carbonyl (C=O) groups excluding carboxylic acids is 2. The fourth-order valence-corrected chi connectivity index (χ4v) is 7.49. The predicted octanol–water partition coefficient (Wildman–Crippen LogP) is 13.8. The molecule has 1 unspecified atom stereocenters. The van der Waals surface area contributed by atoms with Gasteiger partial charge in [0.2, 0.25) is 0 Å². The standard InChI is InChI=1S/C48H97N3O4/c1-7-10-13-16-22-29-37-46(38-30-23-17-14-11-8-2)55-47(52)39-31-24-20-26-33-42-51(43-35-40-49-48(53)50(5)6)41-32-25-19-21-28-36-45(4)54-44-34-27-18-15-12-9-3/h45-46H,7-44H2,1-6H3,(H,49,53). The highest BCUT2D eigenvalue weighted by molar-refractivity contribution is 5.73. The molecule has 0 spiro atoms. The molecule has 0 aromatic rings. The molecule has 0 aliphatic carbocycles. The molecule has 0 radical (unpaired) electrons. The van der Waals surface area contributed by atoms with Gasteiger partial charge in [0.1, 0.15) is 6.10 Å². The Morgan fingerprint density at radius 1 is 0.509 bits per heavy atom. The van der Waals surface area contributed by atoms with Crippen molar-refractivity contribution in [1.29, 1.82) is 0 Å². The maximum atomic E-state index is 12.8. The number of hydrogen-bond acceptors (Lipinski definition) is 5. The zero-order valence-corrected chi connectivity index (χ0v) is 38.1. The molecule has 55 heavy (non-hydrogen) atoms. The van der Waals surface area contributed by atoms with Crippen LogP contribution in [0.15, 0.2) is 0 Å². The fraction of sp³-hybridized carbons (Fsp3) is 0.958. The van der Waals surface area contributed by atoms with Gasteiger partial charge < -0.3 is 24.6 Å². The van der Waals surface area contributed by atoms with Crippen molar-refractivity contribution in [1.82, 2.24) is 15.1 Å². The van der Waals surface area contributed by atoms with Crippen molar-refractivity contribution in [2.24, 2.45) is 0 Å². The van der Waals surface area contributed by atoms with Crippen LogP contribution in [0.2, 0.25) is 0 Å². The lowest BCUT2D eigenvalue weighted by Gasteiger charge is -2.23. The minimum absolute atomic E-state index is 0.0105. The summed E-state index contributed by atoms with van der Waals surface area (Å²) in [6, 6.07) is -0.0105. The zero-order chi connectivity index (χ0) is 40.5. The number of urea groups is 1. The van der Waals surface area contributed by atoms with Crippen molar-refractivity contribution in [3.05, 3.63) is 0 Å². The van der Waals surface area contributed by atoms with Crippen LogP contribution in [0.25, 0.3) is 0 Å². The van der Waals surface area contributed by atoms with Gasteiger partial charge in [0.15, 0.2) is 0 Å².